The van der Waals surface area contributed by atoms with Gasteiger partial charge in [0.05, 0.1) is 12.6 Å². The molecule has 0 aliphatic carbocycles. The second kappa shape index (κ2) is 8.68. The highest BCUT2D eigenvalue weighted by Crippen LogP contribution is 2.07. The molecule has 0 fully saturated rings. The fraction of sp³-hybridized carbons (Fsp3) is 0.750. The predicted molar refractivity (Wildman–Crippen MR) is 81.3 cm³/mol. The highest BCUT2D eigenvalue weighted by molar-refractivity contribution is 7.80. The van der Waals surface area contributed by atoms with Gasteiger partial charge in [0.15, 0.2) is 0 Å². The zero-order chi connectivity index (χ0) is 15.9. The van der Waals surface area contributed by atoms with Crippen molar-refractivity contribution in [2.24, 2.45) is 0 Å². The maximum Gasteiger partial charge on any atom is 0.276 e. The van der Waals surface area contributed by atoms with Crippen molar-refractivity contribution in [1.82, 2.24) is 4.90 Å². The van der Waals surface area contributed by atoms with E-state index in [1.807, 2.05) is 0 Å². The van der Waals surface area contributed by atoms with Gasteiger partial charge in [-0.3, -0.25) is 4.55 Å². The molecule has 0 radical (unpaired) electrons. The molecule has 0 saturated carbocycles. The molecule has 6 nitrogen and oxygen atoms in total. The minimum absolute atomic E-state index is 0.470. The van der Waals surface area contributed by atoms with Crippen LogP contribution < -0.4 is 4.90 Å². The molecule has 118 valence electrons. The first-order chi connectivity index (χ1) is 9.11. The second-order valence-electron chi connectivity index (χ2n) is 4.75. The summed E-state index contributed by atoms with van der Waals surface area (Å²) in [6.07, 6.45) is 4.68. The molecule has 0 aromatic heterocycles. The Balaban J connectivity index is 0.000000621. The number of quaternary nitrogens is 1. The predicted octanol–water partition coefficient (Wildman–Crippen LogP) is 0.589. The van der Waals surface area contributed by atoms with Crippen LogP contribution in [0.1, 0.15) is 40.5 Å². The first kappa shape index (κ1) is 19.5. The standard InChI is InChI=1S/C12H22N2S.H2O4S/c1-5-7-13-10(3)9-11(4)14(8-6-2)12(13)15;1-5(2,3)4/h9-10H,5-8H2,1-4H3;(H2,1,2,3,4). The van der Waals surface area contributed by atoms with Crippen molar-refractivity contribution in [2.45, 2.75) is 46.6 Å². The summed E-state index contributed by atoms with van der Waals surface area (Å²) in [7, 11) is -4.92. The van der Waals surface area contributed by atoms with E-state index >= 15 is 0 Å². The van der Waals surface area contributed by atoms with Gasteiger partial charge in [0.2, 0.25) is 10.4 Å². The lowest BCUT2D eigenvalue weighted by Crippen LogP contribution is -3.15. The van der Waals surface area contributed by atoms with Crippen LogP contribution in [0.25, 0.3) is 0 Å². The van der Waals surface area contributed by atoms with Gasteiger partial charge in [-0.25, -0.2) is 13.3 Å². The van der Waals surface area contributed by atoms with Crippen LogP contribution in [0.2, 0.25) is 0 Å². The van der Waals surface area contributed by atoms with E-state index in [9.17, 15) is 0 Å². The van der Waals surface area contributed by atoms with E-state index in [1.165, 1.54) is 17.0 Å². The third-order valence-electron chi connectivity index (χ3n) is 2.94. The topological polar surface area (TPSA) is 85.1 Å². The molecule has 0 bridgehead atoms. The van der Waals surface area contributed by atoms with Gasteiger partial charge >= 0.3 is 0 Å². The van der Waals surface area contributed by atoms with Gasteiger partial charge in [-0.05, 0) is 25.8 Å². The smallest absolute Gasteiger partial charge is 0.276 e. The molecule has 2 atom stereocenters. The molecule has 0 amide bonds. The molecule has 20 heavy (non-hydrogen) atoms. The number of hydrogen-bond donors (Lipinski definition) is 2. The zero-order valence-electron chi connectivity index (χ0n) is 12.4. The summed E-state index contributed by atoms with van der Waals surface area (Å²) < 4.78 is 32.8. The van der Waals surface area contributed by atoms with Crippen molar-refractivity contribution in [3.05, 3.63) is 11.8 Å². The normalized spacial score (nSPS) is 23.0. The molecule has 0 aromatic carbocycles. The van der Waals surface area contributed by atoms with Crippen LogP contribution in [0.5, 0.6) is 0 Å². The van der Waals surface area contributed by atoms with Gasteiger partial charge in [-0.1, -0.05) is 13.8 Å². The summed E-state index contributed by atoms with van der Waals surface area (Å²) in [6, 6.07) is 0.470. The van der Waals surface area contributed by atoms with Crippen LogP contribution in [0.4, 0.5) is 0 Å². The molecular weight excluding hydrogens is 300 g/mol. The highest BCUT2D eigenvalue weighted by atomic mass is 32.3. The van der Waals surface area contributed by atoms with Gasteiger partial charge in [0.25, 0.3) is 5.11 Å². The molecule has 1 rings (SSSR count). The summed E-state index contributed by atoms with van der Waals surface area (Å²) in [5.74, 6) is 0. The Bertz CT molecular complexity index is 440. The molecule has 1 aliphatic heterocycles. The molecule has 0 spiro atoms. The van der Waals surface area contributed by atoms with Crippen LogP contribution in [0, 0.1) is 0 Å². The molecule has 8 heteroatoms. The van der Waals surface area contributed by atoms with Crippen LogP contribution in [0.15, 0.2) is 11.8 Å². The SMILES string of the molecule is CCCN1C(=S)[NH+](CCC)C(C)=CC1C.O=S(=O)([O-])O. The summed E-state index contributed by atoms with van der Waals surface area (Å²) in [5, 5.41) is 1.09. The lowest BCUT2D eigenvalue weighted by molar-refractivity contribution is -0.768. The average Bonchev–Trinajstić information content (AvgIpc) is 2.28. The van der Waals surface area contributed by atoms with Crippen LogP contribution in [-0.2, 0) is 10.4 Å². The summed E-state index contributed by atoms with van der Waals surface area (Å²) in [5.41, 5.74) is 1.39. The monoisotopic (exact) mass is 324 g/mol. The van der Waals surface area contributed by atoms with Crippen molar-refractivity contribution in [3.63, 3.8) is 0 Å². The van der Waals surface area contributed by atoms with E-state index in [1.54, 1.807) is 0 Å². The van der Waals surface area contributed by atoms with Crippen LogP contribution in [0.3, 0.4) is 0 Å². The van der Waals surface area contributed by atoms with Crippen molar-refractivity contribution in [2.75, 3.05) is 13.1 Å². The lowest BCUT2D eigenvalue weighted by atomic mass is 10.1. The van der Waals surface area contributed by atoms with E-state index in [0.717, 1.165) is 24.6 Å². The largest absolute Gasteiger partial charge is 0.726 e. The lowest BCUT2D eigenvalue weighted by Gasteiger charge is -2.36. The number of allylic oxidation sites excluding steroid dienone is 1. The third kappa shape index (κ3) is 7.30. The van der Waals surface area contributed by atoms with E-state index < -0.39 is 10.4 Å². The fourth-order valence-electron chi connectivity index (χ4n) is 2.18. The quantitative estimate of drug-likeness (QED) is 0.447. The van der Waals surface area contributed by atoms with Crippen molar-refractivity contribution in [1.29, 1.82) is 0 Å². The van der Waals surface area contributed by atoms with E-state index in [0.29, 0.717) is 6.04 Å². The van der Waals surface area contributed by atoms with Gasteiger partial charge < -0.3 is 9.45 Å². The zero-order valence-corrected chi connectivity index (χ0v) is 14.1. The molecule has 2 N–H and O–H groups in total. The Hall–Kier alpha value is -0.540. The average molecular weight is 324 g/mol. The number of nitrogens with one attached hydrogen (secondary N) is 1. The number of thiocarbonyl (C=S) groups is 1. The van der Waals surface area contributed by atoms with Crippen molar-refractivity contribution in [3.8, 4) is 0 Å². The Morgan fingerprint density at radius 2 is 1.95 bits per heavy atom. The van der Waals surface area contributed by atoms with Crippen molar-refractivity contribution < 1.29 is 22.4 Å². The third-order valence-corrected chi connectivity index (χ3v) is 3.42. The van der Waals surface area contributed by atoms with Crippen molar-refractivity contribution >= 4 is 27.7 Å². The molecular formula is C12H24N2O4S2. The van der Waals surface area contributed by atoms with Gasteiger partial charge in [-0.2, -0.15) is 0 Å². The maximum atomic E-state index is 8.63. The summed E-state index contributed by atoms with van der Waals surface area (Å²) >= 11 is 5.58. The Kier molecular flexibility index (Phi) is 8.45. The Labute approximate surface area is 127 Å². The molecule has 0 aromatic rings. The fourth-order valence-corrected chi connectivity index (χ4v) is 2.70. The first-order valence-corrected chi connectivity index (χ1v) is 8.43. The molecule has 0 saturated heterocycles. The van der Waals surface area contributed by atoms with Gasteiger partial charge in [-0.15, -0.1) is 0 Å². The molecule has 1 aliphatic rings. The number of rotatable bonds is 4. The van der Waals surface area contributed by atoms with Gasteiger partial charge in [0.1, 0.15) is 5.70 Å². The van der Waals surface area contributed by atoms with E-state index in [2.05, 4.69) is 38.7 Å². The van der Waals surface area contributed by atoms with Crippen LogP contribution >= 0.6 is 12.2 Å². The van der Waals surface area contributed by atoms with E-state index in [4.69, 9.17) is 29.7 Å². The van der Waals surface area contributed by atoms with Gasteiger partial charge in [0, 0.05) is 25.7 Å². The van der Waals surface area contributed by atoms with Crippen LogP contribution in [-0.4, -0.2) is 46.7 Å². The Morgan fingerprint density at radius 1 is 1.45 bits per heavy atom. The molecule has 1 heterocycles. The summed E-state index contributed by atoms with van der Waals surface area (Å²) in [6.45, 7) is 11.0. The summed E-state index contributed by atoms with van der Waals surface area (Å²) in [4.78, 5) is 3.74. The minimum Gasteiger partial charge on any atom is -0.726 e. The van der Waals surface area contributed by atoms with E-state index in [-0.39, 0.29) is 0 Å². The molecule has 2 unspecified atom stereocenters. The number of hydrogen-bond acceptors (Lipinski definition) is 4. The maximum absolute atomic E-state index is 8.63. The minimum atomic E-state index is -4.92. The second-order valence-corrected chi connectivity index (χ2v) is 5.99. The Morgan fingerprint density at radius 3 is 2.35 bits per heavy atom. The first-order valence-electron chi connectivity index (χ1n) is 6.65. The number of nitrogens with zero attached hydrogens (tertiary/aromatic N) is 1. The highest BCUT2D eigenvalue weighted by Gasteiger charge is 2.30.